The molecule has 1 fully saturated rings. The molecule has 5 heteroatoms. The van der Waals surface area contributed by atoms with E-state index < -0.39 is 0 Å². The molecule has 0 saturated carbocycles. The molecule has 2 rings (SSSR count). The van der Waals surface area contributed by atoms with Crippen LogP contribution in [0.5, 0.6) is 0 Å². The third kappa shape index (κ3) is 5.22. The Morgan fingerprint density at radius 3 is 3.17 bits per heavy atom. The Morgan fingerprint density at radius 2 is 2.50 bits per heavy atom. The van der Waals surface area contributed by atoms with Crippen molar-refractivity contribution in [2.45, 2.75) is 38.7 Å². The molecule has 1 aliphatic rings. The van der Waals surface area contributed by atoms with Gasteiger partial charge in [-0.15, -0.1) is 23.7 Å². The van der Waals surface area contributed by atoms with Gasteiger partial charge in [0, 0.05) is 18.2 Å². The second kappa shape index (κ2) is 8.86. The Balaban J connectivity index is 0.00000162. The van der Waals surface area contributed by atoms with Gasteiger partial charge in [-0.1, -0.05) is 0 Å². The average Bonchev–Trinajstić information content (AvgIpc) is 2.89. The number of ether oxygens (including phenoxy) is 1. The summed E-state index contributed by atoms with van der Waals surface area (Å²) in [5, 5.41) is 6.55. The summed E-state index contributed by atoms with van der Waals surface area (Å²) in [5.41, 5.74) is 0. The molecule has 0 spiro atoms. The van der Waals surface area contributed by atoms with Gasteiger partial charge in [-0.2, -0.15) is 0 Å². The number of nitrogens with zero attached hydrogens (tertiary/aromatic N) is 1. The number of aromatic nitrogens is 1. The van der Waals surface area contributed by atoms with Crippen molar-refractivity contribution in [1.29, 1.82) is 0 Å². The van der Waals surface area contributed by atoms with Gasteiger partial charge in [-0.05, 0) is 51.6 Å². The Labute approximate surface area is 120 Å². The second-order valence-electron chi connectivity index (χ2n) is 4.74. The first-order chi connectivity index (χ1) is 8.36. The lowest BCUT2D eigenvalue weighted by Gasteiger charge is -2.22. The maximum Gasteiger partial charge on any atom is 0.121 e. The fourth-order valence-corrected chi connectivity index (χ4v) is 2.95. The summed E-state index contributed by atoms with van der Waals surface area (Å²) in [5.74, 6) is 0.863. The minimum atomic E-state index is 0. The molecule has 0 aromatic carbocycles. The monoisotopic (exact) mass is 290 g/mol. The van der Waals surface area contributed by atoms with Crippen molar-refractivity contribution in [2.75, 3.05) is 19.7 Å². The normalized spacial score (nSPS) is 21.3. The molecule has 1 aliphatic heterocycles. The maximum atomic E-state index is 5.80. The van der Waals surface area contributed by atoms with E-state index in [0.717, 1.165) is 17.5 Å². The summed E-state index contributed by atoms with van der Waals surface area (Å²) in [7, 11) is 0. The topological polar surface area (TPSA) is 34.1 Å². The molecule has 1 N–H and O–H groups in total. The molecular weight excluding hydrogens is 268 g/mol. The molecule has 0 radical (unpaired) electrons. The van der Waals surface area contributed by atoms with Crippen molar-refractivity contribution in [3.8, 4) is 0 Å². The number of rotatable bonds is 6. The van der Waals surface area contributed by atoms with E-state index in [1.165, 1.54) is 38.8 Å². The molecule has 18 heavy (non-hydrogen) atoms. The summed E-state index contributed by atoms with van der Waals surface area (Å²) < 4.78 is 5.80. The third-order valence-electron chi connectivity index (χ3n) is 3.32. The summed E-state index contributed by atoms with van der Waals surface area (Å²) >= 11 is 1.67. The number of nitrogens with one attached hydrogen (secondary N) is 1. The van der Waals surface area contributed by atoms with Gasteiger partial charge in [-0.25, -0.2) is 4.98 Å². The highest BCUT2D eigenvalue weighted by molar-refractivity contribution is 7.09. The van der Waals surface area contributed by atoms with Gasteiger partial charge in [-0.3, -0.25) is 0 Å². The molecular formula is C13H23ClN2OS. The maximum absolute atomic E-state index is 5.80. The zero-order valence-electron chi connectivity index (χ0n) is 10.9. The first-order valence-electron chi connectivity index (χ1n) is 6.58. The third-order valence-corrected chi connectivity index (χ3v) is 4.26. The first kappa shape index (κ1) is 15.9. The van der Waals surface area contributed by atoms with Crippen LogP contribution >= 0.6 is 23.7 Å². The number of halogens is 1. The van der Waals surface area contributed by atoms with Crippen LogP contribution < -0.4 is 5.32 Å². The molecule has 1 aromatic heterocycles. The predicted octanol–water partition coefficient (Wildman–Crippen LogP) is 3.42. The quantitative estimate of drug-likeness (QED) is 0.815. The van der Waals surface area contributed by atoms with E-state index >= 15 is 0 Å². The van der Waals surface area contributed by atoms with Crippen LogP contribution in [0, 0.1) is 5.92 Å². The van der Waals surface area contributed by atoms with E-state index in [1.807, 2.05) is 11.6 Å². The highest BCUT2D eigenvalue weighted by atomic mass is 35.5. The van der Waals surface area contributed by atoms with E-state index in [1.54, 1.807) is 11.3 Å². The molecule has 0 amide bonds. The summed E-state index contributed by atoms with van der Waals surface area (Å²) in [6, 6.07) is 0. The minimum Gasteiger partial charge on any atom is -0.371 e. The lowest BCUT2D eigenvalue weighted by Crippen LogP contribution is -2.29. The van der Waals surface area contributed by atoms with Gasteiger partial charge in [0.1, 0.15) is 11.1 Å². The van der Waals surface area contributed by atoms with Crippen LogP contribution in [0.1, 0.15) is 43.7 Å². The van der Waals surface area contributed by atoms with Crippen LogP contribution in [-0.2, 0) is 4.74 Å². The van der Waals surface area contributed by atoms with Crippen molar-refractivity contribution >= 4 is 23.7 Å². The fourth-order valence-electron chi connectivity index (χ4n) is 2.31. The van der Waals surface area contributed by atoms with Crippen molar-refractivity contribution in [3.05, 3.63) is 16.6 Å². The minimum absolute atomic E-state index is 0. The van der Waals surface area contributed by atoms with Crippen LogP contribution in [0.2, 0.25) is 0 Å². The van der Waals surface area contributed by atoms with Crippen LogP contribution in [0.4, 0.5) is 0 Å². The summed E-state index contributed by atoms with van der Waals surface area (Å²) in [6.07, 6.45) is 7.17. The van der Waals surface area contributed by atoms with Crippen molar-refractivity contribution in [1.82, 2.24) is 10.3 Å². The van der Waals surface area contributed by atoms with Gasteiger partial charge in [0.15, 0.2) is 0 Å². The second-order valence-corrected chi connectivity index (χ2v) is 5.66. The first-order valence-corrected chi connectivity index (χ1v) is 7.46. The van der Waals surface area contributed by atoms with Crippen LogP contribution in [0.25, 0.3) is 0 Å². The van der Waals surface area contributed by atoms with Crippen LogP contribution in [-0.4, -0.2) is 24.7 Å². The molecule has 104 valence electrons. The molecule has 2 heterocycles. The fraction of sp³-hybridized carbons (Fsp3) is 0.769. The van der Waals surface area contributed by atoms with Crippen LogP contribution in [0.3, 0.4) is 0 Å². The number of piperidine rings is 1. The zero-order valence-corrected chi connectivity index (χ0v) is 12.6. The van der Waals surface area contributed by atoms with Gasteiger partial charge < -0.3 is 10.1 Å². The summed E-state index contributed by atoms with van der Waals surface area (Å²) in [4.78, 5) is 4.27. The Bertz CT molecular complexity index is 302. The van der Waals surface area contributed by atoms with E-state index in [4.69, 9.17) is 4.74 Å². The Kier molecular flexibility index (Phi) is 7.82. The lowest BCUT2D eigenvalue weighted by atomic mass is 9.95. The van der Waals surface area contributed by atoms with Gasteiger partial charge >= 0.3 is 0 Å². The molecule has 0 bridgehead atoms. The molecule has 2 unspecified atom stereocenters. The van der Waals surface area contributed by atoms with Crippen molar-refractivity contribution in [3.63, 3.8) is 0 Å². The number of hydrogen-bond acceptors (Lipinski definition) is 4. The van der Waals surface area contributed by atoms with Crippen LogP contribution in [0.15, 0.2) is 11.6 Å². The molecule has 1 saturated heterocycles. The standard InChI is InChI=1S/C13H22N2OS.ClH/c1-11(13-15-7-9-17-13)16-8-3-5-12-4-2-6-14-10-12;/h7,9,11-12,14H,2-6,8,10H2,1H3;1H. The number of hydrogen-bond donors (Lipinski definition) is 1. The lowest BCUT2D eigenvalue weighted by molar-refractivity contribution is 0.0600. The van der Waals surface area contributed by atoms with Gasteiger partial charge in [0.05, 0.1) is 0 Å². The van der Waals surface area contributed by atoms with E-state index in [9.17, 15) is 0 Å². The number of thiazole rings is 1. The van der Waals surface area contributed by atoms with Crippen molar-refractivity contribution < 1.29 is 4.74 Å². The molecule has 0 aliphatic carbocycles. The zero-order chi connectivity index (χ0) is 11.9. The molecule has 2 atom stereocenters. The summed E-state index contributed by atoms with van der Waals surface area (Å²) in [6.45, 7) is 5.34. The van der Waals surface area contributed by atoms with Gasteiger partial charge in [0.25, 0.3) is 0 Å². The molecule has 1 aromatic rings. The Morgan fingerprint density at radius 1 is 1.61 bits per heavy atom. The van der Waals surface area contributed by atoms with E-state index in [0.29, 0.717) is 0 Å². The van der Waals surface area contributed by atoms with E-state index in [-0.39, 0.29) is 18.5 Å². The predicted molar refractivity (Wildman–Crippen MR) is 78.6 cm³/mol. The average molecular weight is 291 g/mol. The molecule has 3 nitrogen and oxygen atoms in total. The SMILES string of the molecule is CC(OCCCC1CCCNC1)c1nccs1.Cl. The largest absolute Gasteiger partial charge is 0.371 e. The highest BCUT2D eigenvalue weighted by Crippen LogP contribution is 2.20. The van der Waals surface area contributed by atoms with E-state index in [2.05, 4.69) is 17.2 Å². The highest BCUT2D eigenvalue weighted by Gasteiger charge is 2.13. The van der Waals surface area contributed by atoms with Crippen molar-refractivity contribution in [2.24, 2.45) is 5.92 Å². The Hall–Kier alpha value is -0.160. The van der Waals surface area contributed by atoms with Gasteiger partial charge in [0.2, 0.25) is 0 Å². The smallest absolute Gasteiger partial charge is 0.121 e.